The minimum Gasteiger partial charge on any atom is -0.148 e. The van der Waals surface area contributed by atoms with E-state index in [0.29, 0.717) is 5.92 Å². The van der Waals surface area contributed by atoms with Crippen LogP contribution in [0.3, 0.4) is 0 Å². The molecular weight excluding hydrogens is 340 g/mol. The zero-order valence-electron chi connectivity index (χ0n) is 10.6. The molecule has 0 saturated heterocycles. The third-order valence-corrected chi connectivity index (χ3v) is 6.47. The number of thiophene rings is 1. The predicted octanol–water partition coefficient (Wildman–Crippen LogP) is 5.99. The second-order valence-electron chi connectivity index (χ2n) is 5.15. The van der Waals surface area contributed by atoms with Crippen LogP contribution in [0, 0.1) is 5.92 Å². The van der Waals surface area contributed by atoms with Crippen molar-refractivity contribution < 1.29 is 0 Å². The molecule has 1 aliphatic carbocycles. The van der Waals surface area contributed by atoms with Crippen LogP contribution in [-0.4, -0.2) is 0 Å². The molecule has 100 valence electrons. The largest absolute Gasteiger partial charge is 0.148 e. The first kappa shape index (κ1) is 13.7. The summed E-state index contributed by atoms with van der Waals surface area (Å²) in [5.41, 5.74) is 2.79. The van der Waals surface area contributed by atoms with Gasteiger partial charge in [0.2, 0.25) is 0 Å². The zero-order valence-corrected chi connectivity index (χ0v) is 13.8. The van der Waals surface area contributed by atoms with Gasteiger partial charge in [0.05, 0.1) is 5.38 Å². The number of halogens is 2. The van der Waals surface area contributed by atoms with Gasteiger partial charge >= 0.3 is 0 Å². The number of hydrogen-bond donors (Lipinski definition) is 0. The van der Waals surface area contributed by atoms with E-state index in [1.807, 2.05) is 11.3 Å². The van der Waals surface area contributed by atoms with Crippen molar-refractivity contribution in [3.05, 3.63) is 56.2 Å². The standard InChI is InChI=1S/C16H16BrClS/c17-14-8-9-19-15(14)10-12-6-3-5-11-4-1-2-7-13(11)16(12)18/h1-2,4,7-9,12,16H,3,5-6,10H2. The quantitative estimate of drug-likeness (QED) is 0.459. The summed E-state index contributed by atoms with van der Waals surface area (Å²) >= 11 is 12.2. The molecule has 0 nitrogen and oxygen atoms in total. The van der Waals surface area contributed by atoms with Gasteiger partial charge in [-0.2, -0.15) is 0 Å². The van der Waals surface area contributed by atoms with E-state index in [-0.39, 0.29) is 5.38 Å². The average molecular weight is 356 g/mol. The monoisotopic (exact) mass is 354 g/mol. The summed E-state index contributed by atoms with van der Waals surface area (Å²) in [5.74, 6) is 0.542. The molecule has 1 aliphatic rings. The Balaban J connectivity index is 1.86. The molecule has 3 rings (SSSR count). The van der Waals surface area contributed by atoms with Crippen molar-refractivity contribution in [3.63, 3.8) is 0 Å². The van der Waals surface area contributed by atoms with Crippen LogP contribution in [0.1, 0.15) is 34.2 Å². The maximum Gasteiger partial charge on any atom is 0.0619 e. The lowest BCUT2D eigenvalue weighted by molar-refractivity contribution is 0.468. The fraction of sp³-hybridized carbons (Fsp3) is 0.375. The summed E-state index contributed by atoms with van der Waals surface area (Å²) in [4.78, 5) is 1.43. The molecule has 3 heteroatoms. The average Bonchev–Trinajstić information content (AvgIpc) is 2.75. The summed E-state index contributed by atoms with van der Waals surface area (Å²) < 4.78 is 1.24. The van der Waals surface area contributed by atoms with Crippen LogP contribution in [-0.2, 0) is 12.8 Å². The van der Waals surface area contributed by atoms with Crippen molar-refractivity contribution in [1.82, 2.24) is 0 Å². The van der Waals surface area contributed by atoms with Crippen molar-refractivity contribution in [2.75, 3.05) is 0 Å². The molecule has 1 heterocycles. The number of alkyl halides is 1. The first-order valence-corrected chi connectivity index (χ1v) is 8.80. The molecule has 0 saturated carbocycles. The van der Waals surface area contributed by atoms with Gasteiger partial charge < -0.3 is 0 Å². The van der Waals surface area contributed by atoms with Gasteiger partial charge in [0, 0.05) is 9.35 Å². The van der Waals surface area contributed by atoms with Crippen molar-refractivity contribution in [2.24, 2.45) is 5.92 Å². The molecule has 1 aromatic heterocycles. The van der Waals surface area contributed by atoms with E-state index in [2.05, 4.69) is 51.6 Å². The Morgan fingerprint density at radius 3 is 2.89 bits per heavy atom. The molecule has 19 heavy (non-hydrogen) atoms. The second-order valence-corrected chi connectivity index (χ2v) is 7.47. The highest BCUT2D eigenvalue weighted by Crippen LogP contribution is 2.41. The molecule has 0 N–H and O–H groups in total. The van der Waals surface area contributed by atoms with E-state index in [1.54, 1.807) is 0 Å². The normalized spacial score (nSPS) is 22.8. The molecule has 2 atom stereocenters. The number of aryl methyl sites for hydroxylation is 1. The summed E-state index contributed by atoms with van der Waals surface area (Å²) in [6.45, 7) is 0. The summed E-state index contributed by atoms with van der Waals surface area (Å²) in [6.07, 6.45) is 4.71. The minimum absolute atomic E-state index is 0.146. The Labute approximate surface area is 131 Å². The van der Waals surface area contributed by atoms with Crippen LogP contribution in [0.5, 0.6) is 0 Å². The van der Waals surface area contributed by atoms with Crippen LogP contribution in [0.25, 0.3) is 0 Å². The van der Waals surface area contributed by atoms with Crippen molar-refractivity contribution in [1.29, 1.82) is 0 Å². The third-order valence-electron chi connectivity index (χ3n) is 3.93. The zero-order chi connectivity index (χ0) is 13.2. The third kappa shape index (κ3) is 2.91. The number of hydrogen-bond acceptors (Lipinski definition) is 1. The number of fused-ring (bicyclic) bond motifs is 1. The Morgan fingerprint density at radius 1 is 1.26 bits per heavy atom. The smallest absolute Gasteiger partial charge is 0.0619 e. The van der Waals surface area contributed by atoms with Gasteiger partial charge in [-0.3, -0.25) is 0 Å². The van der Waals surface area contributed by atoms with E-state index in [0.717, 1.165) is 6.42 Å². The molecule has 0 spiro atoms. The lowest BCUT2D eigenvalue weighted by atomic mass is 9.92. The van der Waals surface area contributed by atoms with E-state index in [1.165, 1.54) is 39.7 Å². The Hall–Kier alpha value is -0.310. The van der Waals surface area contributed by atoms with Crippen LogP contribution in [0.2, 0.25) is 0 Å². The fourth-order valence-electron chi connectivity index (χ4n) is 2.90. The maximum atomic E-state index is 6.78. The Bertz CT molecular complexity index is 563. The van der Waals surface area contributed by atoms with Gasteiger partial charge in [-0.1, -0.05) is 24.3 Å². The lowest BCUT2D eigenvalue weighted by Gasteiger charge is -2.20. The highest BCUT2D eigenvalue weighted by Gasteiger charge is 2.26. The van der Waals surface area contributed by atoms with Gasteiger partial charge in [0.1, 0.15) is 0 Å². The van der Waals surface area contributed by atoms with E-state index >= 15 is 0 Å². The SMILES string of the molecule is ClC1c2ccccc2CCCC1Cc1sccc1Br. The van der Waals surface area contributed by atoms with Crippen molar-refractivity contribution >= 4 is 38.9 Å². The topological polar surface area (TPSA) is 0 Å². The summed E-state index contributed by atoms with van der Waals surface area (Å²) in [5, 5.41) is 2.29. The highest BCUT2D eigenvalue weighted by atomic mass is 79.9. The van der Waals surface area contributed by atoms with Gasteiger partial charge in [-0.15, -0.1) is 22.9 Å². The molecule has 2 unspecified atom stereocenters. The highest BCUT2D eigenvalue weighted by molar-refractivity contribution is 9.10. The van der Waals surface area contributed by atoms with Crippen LogP contribution < -0.4 is 0 Å². The molecule has 0 amide bonds. The van der Waals surface area contributed by atoms with Crippen molar-refractivity contribution in [3.8, 4) is 0 Å². The first-order chi connectivity index (χ1) is 9.25. The maximum absolute atomic E-state index is 6.78. The first-order valence-electron chi connectivity index (χ1n) is 6.69. The molecule has 0 bridgehead atoms. The van der Waals surface area contributed by atoms with Crippen LogP contribution in [0.4, 0.5) is 0 Å². The van der Waals surface area contributed by atoms with E-state index < -0.39 is 0 Å². The molecular formula is C16H16BrClS. The molecule has 0 fully saturated rings. The van der Waals surface area contributed by atoms with Crippen LogP contribution >= 0.6 is 38.9 Å². The van der Waals surface area contributed by atoms with Gasteiger partial charge in [0.15, 0.2) is 0 Å². The Morgan fingerprint density at radius 2 is 2.11 bits per heavy atom. The number of benzene rings is 1. The van der Waals surface area contributed by atoms with Gasteiger partial charge in [-0.25, -0.2) is 0 Å². The number of rotatable bonds is 2. The molecule has 2 aromatic rings. The lowest BCUT2D eigenvalue weighted by Crippen LogP contribution is -2.10. The van der Waals surface area contributed by atoms with Crippen LogP contribution in [0.15, 0.2) is 40.2 Å². The summed E-state index contributed by atoms with van der Waals surface area (Å²) in [7, 11) is 0. The second kappa shape index (κ2) is 5.99. The fourth-order valence-corrected chi connectivity index (χ4v) is 4.94. The van der Waals surface area contributed by atoms with E-state index in [9.17, 15) is 0 Å². The van der Waals surface area contributed by atoms with Gasteiger partial charge in [-0.05, 0) is 70.1 Å². The van der Waals surface area contributed by atoms with Crippen molar-refractivity contribution in [2.45, 2.75) is 31.1 Å². The van der Waals surface area contributed by atoms with Gasteiger partial charge in [0.25, 0.3) is 0 Å². The summed E-state index contributed by atoms with van der Waals surface area (Å²) in [6, 6.07) is 10.8. The minimum atomic E-state index is 0.146. The van der Waals surface area contributed by atoms with E-state index in [4.69, 9.17) is 11.6 Å². The predicted molar refractivity (Wildman–Crippen MR) is 87.2 cm³/mol. The Kier molecular flexibility index (Phi) is 4.30. The molecule has 0 aliphatic heterocycles. The molecule has 0 radical (unpaired) electrons. The molecule has 1 aromatic carbocycles.